The first kappa shape index (κ1) is 16.6. The molecular weight excluding hydrogens is 316 g/mol. The predicted molar refractivity (Wildman–Crippen MR) is 96.3 cm³/mol. The molecule has 3 rings (SSSR count). The summed E-state index contributed by atoms with van der Waals surface area (Å²) in [5, 5.41) is 4.41. The minimum atomic E-state index is -0.478. The first-order valence-electron chi connectivity index (χ1n) is 7.97. The van der Waals surface area contributed by atoms with Gasteiger partial charge in [-0.25, -0.2) is 9.78 Å². The third kappa shape index (κ3) is 3.83. The highest BCUT2D eigenvalue weighted by molar-refractivity contribution is 6.02. The van der Waals surface area contributed by atoms with Crippen LogP contribution in [0.3, 0.4) is 0 Å². The van der Waals surface area contributed by atoms with Crippen molar-refractivity contribution in [3.63, 3.8) is 0 Å². The van der Waals surface area contributed by atoms with E-state index in [9.17, 15) is 9.59 Å². The molecule has 0 aliphatic heterocycles. The van der Waals surface area contributed by atoms with E-state index >= 15 is 0 Å². The Morgan fingerprint density at radius 3 is 2.68 bits per heavy atom. The zero-order valence-corrected chi connectivity index (χ0v) is 14.0. The quantitative estimate of drug-likeness (QED) is 0.729. The van der Waals surface area contributed by atoms with Gasteiger partial charge in [0.05, 0.1) is 0 Å². The Labute approximate surface area is 145 Å². The third-order valence-electron chi connectivity index (χ3n) is 3.83. The van der Waals surface area contributed by atoms with Gasteiger partial charge in [0, 0.05) is 24.2 Å². The van der Waals surface area contributed by atoms with Crippen molar-refractivity contribution >= 4 is 28.3 Å². The van der Waals surface area contributed by atoms with Crippen molar-refractivity contribution in [3.8, 4) is 0 Å². The molecule has 0 radical (unpaired) electrons. The third-order valence-corrected chi connectivity index (χ3v) is 3.83. The van der Waals surface area contributed by atoms with Crippen LogP contribution in [0.4, 0.5) is 5.69 Å². The molecule has 1 N–H and O–H groups in total. The van der Waals surface area contributed by atoms with Gasteiger partial charge in [-0.15, -0.1) is 0 Å². The minimum Gasteiger partial charge on any atom is -0.453 e. The zero-order valence-electron chi connectivity index (χ0n) is 14.0. The van der Waals surface area contributed by atoms with Gasteiger partial charge >= 0.3 is 5.97 Å². The summed E-state index contributed by atoms with van der Waals surface area (Å²) >= 11 is 0. The van der Waals surface area contributed by atoms with Crippen molar-refractivity contribution < 1.29 is 14.3 Å². The van der Waals surface area contributed by atoms with Gasteiger partial charge in [-0.05, 0) is 36.1 Å². The monoisotopic (exact) mass is 334 g/mol. The molecule has 5 heteroatoms. The number of benzene rings is 2. The van der Waals surface area contributed by atoms with Gasteiger partial charge in [0.25, 0.3) is 0 Å². The second-order valence-corrected chi connectivity index (χ2v) is 5.73. The van der Waals surface area contributed by atoms with Crippen molar-refractivity contribution in [3.05, 3.63) is 72.1 Å². The summed E-state index contributed by atoms with van der Waals surface area (Å²) in [5.74, 6) is -0.629. The van der Waals surface area contributed by atoms with Gasteiger partial charge in [-0.2, -0.15) is 0 Å². The lowest BCUT2D eigenvalue weighted by atomic mass is 10.1. The lowest BCUT2D eigenvalue weighted by molar-refractivity contribution is -0.114. The maximum atomic E-state index is 12.6. The van der Waals surface area contributed by atoms with Crippen LogP contribution in [-0.4, -0.2) is 16.9 Å². The summed E-state index contributed by atoms with van der Waals surface area (Å²) in [7, 11) is 0. The Morgan fingerprint density at radius 1 is 1.08 bits per heavy atom. The normalized spacial score (nSPS) is 11.8. The molecule has 0 bridgehead atoms. The summed E-state index contributed by atoms with van der Waals surface area (Å²) in [6.07, 6.45) is 1.13. The Balaban J connectivity index is 1.81. The molecule has 0 spiro atoms. The SMILES string of the molecule is CC(=O)Nc1cccc([C@@H](C)OC(=O)c2nccc3ccccc23)c1. The highest BCUT2D eigenvalue weighted by Crippen LogP contribution is 2.23. The predicted octanol–water partition coefficient (Wildman–Crippen LogP) is 4.11. The number of aromatic nitrogens is 1. The van der Waals surface area contributed by atoms with Gasteiger partial charge in [0.1, 0.15) is 6.10 Å². The van der Waals surface area contributed by atoms with Crippen LogP contribution in [0.25, 0.3) is 10.8 Å². The van der Waals surface area contributed by atoms with E-state index in [0.29, 0.717) is 11.4 Å². The number of hydrogen-bond donors (Lipinski definition) is 1. The molecule has 0 saturated carbocycles. The molecule has 1 aromatic heterocycles. The summed E-state index contributed by atoms with van der Waals surface area (Å²) in [6.45, 7) is 3.23. The van der Waals surface area contributed by atoms with Gasteiger partial charge < -0.3 is 10.1 Å². The fourth-order valence-corrected chi connectivity index (χ4v) is 2.64. The number of pyridine rings is 1. The number of ether oxygens (including phenoxy) is 1. The average Bonchev–Trinajstić information content (AvgIpc) is 2.60. The van der Waals surface area contributed by atoms with E-state index in [4.69, 9.17) is 4.74 Å². The van der Waals surface area contributed by atoms with Crippen molar-refractivity contribution in [2.24, 2.45) is 0 Å². The molecule has 0 fully saturated rings. The number of carbonyl (C=O) groups excluding carboxylic acids is 2. The molecule has 1 atom stereocenters. The maximum absolute atomic E-state index is 12.6. The van der Waals surface area contributed by atoms with Crippen LogP contribution in [-0.2, 0) is 9.53 Å². The van der Waals surface area contributed by atoms with Gasteiger partial charge in [0.2, 0.25) is 5.91 Å². The molecule has 2 aromatic carbocycles. The molecule has 0 saturated heterocycles. The highest BCUT2D eigenvalue weighted by atomic mass is 16.5. The van der Waals surface area contributed by atoms with Crippen LogP contribution >= 0.6 is 0 Å². The van der Waals surface area contributed by atoms with E-state index in [1.165, 1.54) is 6.92 Å². The van der Waals surface area contributed by atoms with Crippen LogP contribution in [0.5, 0.6) is 0 Å². The van der Waals surface area contributed by atoms with Crippen LogP contribution in [0.2, 0.25) is 0 Å². The standard InChI is InChI=1S/C20H18N2O3/c1-13(16-7-5-8-17(12-16)22-14(2)23)25-20(24)19-18-9-4-3-6-15(18)10-11-21-19/h3-13H,1-2H3,(H,22,23)/t13-/m1/s1. The smallest absolute Gasteiger partial charge is 0.358 e. The summed E-state index contributed by atoms with van der Waals surface area (Å²) < 4.78 is 5.58. The Kier molecular flexibility index (Phi) is 4.75. The second kappa shape index (κ2) is 7.13. The lowest BCUT2D eigenvalue weighted by Gasteiger charge is -2.15. The zero-order chi connectivity index (χ0) is 17.8. The fraction of sp³-hybridized carbons (Fsp3) is 0.150. The first-order valence-corrected chi connectivity index (χ1v) is 7.97. The molecule has 0 unspecified atom stereocenters. The molecule has 25 heavy (non-hydrogen) atoms. The van der Waals surface area contributed by atoms with E-state index in [2.05, 4.69) is 10.3 Å². The summed E-state index contributed by atoms with van der Waals surface area (Å²) in [6, 6.07) is 16.6. The second-order valence-electron chi connectivity index (χ2n) is 5.73. The number of esters is 1. The topological polar surface area (TPSA) is 68.3 Å². The van der Waals surface area contributed by atoms with E-state index < -0.39 is 12.1 Å². The van der Waals surface area contributed by atoms with Crippen molar-refractivity contribution in [2.45, 2.75) is 20.0 Å². The Hall–Kier alpha value is -3.21. The van der Waals surface area contributed by atoms with Crippen LogP contribution < -0.4 is 5.32 Å². The highest BCUT2D eigenvalue weighted by Gasteiger charge is 2.17. The van der Waals surface area contributed by atoms with Gasteiger partial charge in [-0.3, -0.25) is 4.79 Å². The molecule has 1 amide bonds. The molecule has 1 heterocycles. The minimum absolute atomic E-state index is 0.151. The van der Waals surface area contributed by atoms with E-state index in [-0.39, 0.29) is 5.91 Å². The van der Waals surface area contributed by atoms with Crippen LogP contribution in [0.1, 0.15) is 36.0 Å². The Bertz CT molecular complexity index is 932. The lowest BCUT2D eigenvalue weighted by Crippen LogP contribution is -2.12. The largest absolute Gasteiger partial charge is 0.453 e. The number of rotatable bonds is 4. The molecule has 0 aliphatic carbocycles. The summed E-state index contributed by atoms with van der Waals surface area (Å²) in [4.78, 5) is 27.9. The molecule has 0 aliphatic rings. The molecular formula is C20H18N2O3. The maximum Gasteiger partial charge on any atom is 0.358 e. The number of anilines is 1. The van der Waals surface area contributed by atoms with Crippen molar-refractivity contribution in [1.29, 1.82) is 0 Å². The van der Waals surface area contributed by atoms with Gasteiger partial charge in [-0.1, -0.05) is 36.4 Å². The number of hydrogen-bond acceptors (Lipinski definition) is 4. The first-order chi connectivity index (χ1) is 12.0. The van der Waals surface area contributed by atoms with E-state index in [1.54, 1.807) is 31.3 Å². The van der Waals surface area contributed by atoms with Crippen molar-refractivity contribution in [1.82, 2.24) is 4.98 Å². The summed E-state index contributed by atoms with van der Waals surface area (Å²) in [5.41, 5.74) is 1.75. The number of fused-ring (bicyclic) bond motifs is 1. The van der Waals surface area contributed by atoms with Gasteiger partial charge in [0.15, 0.2) is 5.69 Å². The van der Waals surface area contributed by atoms with Crippen molar-refractivity contribution in [2.75, 3.05) is 5.32 Å². The Morgan fingerprint density at radius 2 is 1.88 bits per heavy atom. The molecule has 126 valence electrons. The molecule has 5 nitrogen and oxygen atoms in total. The fourth-order valence-electron chi connectivity index (χ4n) is 2.64. The molecule has 3 aromatic rings. The van der Waals surface area contributed by atoms with E-state index in [1.807, 2.05) is 36.4 Å². The number of carbonyl (C=O) groups is 2. The number of amides is 1. The van der Waals surface area contributed by atoms with Crippen LogP contribution in [0, 0.1) is 0 Å². The number of nitrogens with one attached hydrogen (secondary N) is 1. The number of nitrogens with zero attached hydrogens (tertiary/aromatic N) is 1. The van der Waals surface area contributed by atoms with Crippen LogP contribution in [0.15, 0.2) is 60.8 Å². The van der Waals surface area contributed by atoms with E-state index in [0.717, 1.165) is 16.3 Å². The average molecular weight is 334 g/mol.